The zero-order chi connectivity index (χ0) is 14.3. The molecule has 0 radical (unpaired) electrons. The van der Waals surface area contributed by atoms with Crippen LogP contribution < -0.4 is 10.0 Å². The number of ether oxygens (including phenoxy) is 1. The van der Waals surface area contributed by atoms with Gasteiger partial charge in [0, 0.05) is 25.7 Å². The molecule has 0 aromatic heterocycles. The summed E-state index contributed by atoms with van der Waals surface area (Å²) in [5, 5.41) is 3.12. The van der Waals surface area contributed by atoms with E-state index in [1.54, 1.807) is 4.31 Å². The van der Waals surface area contributed by atoms with E-state index in [1.807, 2.05) is 20.9 Å². The highest BCUT2D eigenvalue weighted by Crippen LogP contribution is 2.18. The molecule has 1 aliphatic heterocycles. The van der Waals surface area contributed by atoms with Crippen molar-refractivity contribution in [3.05, 3.63) is 0 Å². The third kappa shape index (κ3) is 5.74. The summed E-state index contributed by atoms with van der Waals surface area (Å²) >= 11 is 0. The lowest BCUT2D eigenvalue weighted by Crippen LogP contribution is -2.50. The van der Waals surface area contributed by atoms with Gasteiger partial charge >= 0.3 is 0 Å². The van der Waals surface area contributed by atoms with E-state index in [2.05, 4.69) is 10.0 Å². The van der Waals surface area contributed by atoms with E-state index in [-0.39, 0.29) is 6.04 Å². The maximum absolute atomic E-state index is 12.2. The fourth-order valence-electron chi connectivity index (χ4n) is 2.36. The molecule has 19 heavy (non-hydrogen) atoms. The number of piperidine rings is 1. The molecule has 114 valence electrons. The van der Waals surface area contributed by atoms with E-state index in [4.69, 9.17) is 4.74 Å². The van der Waals surface area contributed by atoms with Gasteiger partial charge < -0.3 is 10.1 Å². The minimum Gasteiger partial charge on any atom is -0.380 e. The van der Waals surface area contributed by atoms with Crippen LogP contribution in [-0.2, 0) is 14.9 Å². The van der Waals surface area contributed by atoms with Crippen molar-refractivity contribution in [3.8, 4) is 0 Å². The largest absolute Gasteiger partial charge is 0.380 e. The van der Waals surface area contributed by atoms with E-state index in [1.165, 1.54) is 0 Å². The van der Waals surface area contributed by atoms with Gasteiger partial charge in [-0.2, -0.15) is 17.4 Å². The van der Waals surface area contributed by atoms with Crippen molar-refractivity contribution in [3.63, 3.8) is 0 Å². The molecule has 0 amide bonds. The second-order valence-electron chi connectivity index (χ2n) is 5.11. The Morgan fingerprint density at radius 3 is 2.84 bits per heavy atom. The Morgan fingerprint density at radius 2 is 2.21 bits per heavy atom. The fraction of sp³-hybridized carbons (Fsp3) is 1.00. The summed E-state index contributed by atoms with van der Waals surface area (Å²) in [6, 6.07) is -0.199. The third-order valence-electron chi connectivity index (χ3n) is 3.24. The van der Waals surface area contributed by atoms with Crippen molar-refractivity contribution in [1.82, 2.24) is 14.3 Å². The quantitative estimate of drug-likeness (QED) is 0.670. The molecule has 1 aliphatic rings. The first-order chi connectivity index (χ1) is 8.99. The standard InChI is InChI=1S/C12H27N3O3S/c1-4-18-10-11(2)14-19(16,17)15-7-5-6-12(9-15)8-13-3/h11-14H,4-10H2,1-3H3. The van der Waals surface area contributed by atoms with Crippen molar-refractivity contribution in [1.29, 1.82) is 0 Å². The van der Waals surface area contributed by atoms with Gasteiger partial charge in [-0.1, -0.05) is 0 Å². The second-order valence-corrected chi connectivity index (χ2v) is 6.81. The van der Waals surface area contributed by atoms with E-state index < -0.39 is 10.2 Å². The normalized spacial score (nSPS) is 23.4. The average molecular weight is 293 g/mol. The summed E-state index contributed by atoms with van der Waals surface area (Å²) in [5.74, 6) is 0.400. The van der Waals surface area contributed by atoms with Gasteiger partial charge in [0.25, 0.3) is 10.2 Å². The first-order valence-corrected chi connectivity index (χ1v) is 8.43. The molecule has 1 rings (SSSR count). The predicted molar refractivity (Wildman–Crippen MR) is 76.2 cm³/mol. The Kier molecular flexibility index (Phi) is 7.23. The van der Waals surface area contributed by atoms with Gasteiger partial charge in [-0.3, -0.25) is 0 Å². The molecular weight excluding hydrogens is 266 g/mol. The van der Waals surface area contributed by atoms with Crippen LogP contribution in [0.4, 0.5) is 0 Å². The summed E-state index contributed by atoms with van der Waals surface area (Å²) < 4.78 is 34.0. The Hall–Kier alpha value is -0.210. The molecule has 1 heterocycles. The van der Waals surface area contributed by atoms with Crippen LogP contribution in [0.25, 0.3) is 0 Å². The molecular formula is C12H27N3O3S. The van der Waals surface area contributed by atoms with Gasteiger partial charge in [-0.25, -0.2) is 0 Å². The summed E-state index contributed by atoms with van der Waals surface area (Å²) in [7, 11) is -1.49. The second kappa shape index (κ2) is 8.16. The summed E-state index contributed by atoms with van der Waals surface area (Å²) in [6.45, 7) is 6.79. The topological polar surface area (TPSA) is 70.7 Å². The molecule has 7 heteroatoms. The zero-order valence-electron chi connectivity index (χ0n) is 12.2. The van der Waals surface area contributed by atoms with E-state index in [0.29, 0.717) is 32.2 Å². The van der Waals surface area contributed by atoms with Gasteiger partial charge in [0.05, 0.1) is 6.61 Å². The molecule has 0 aliphatic carbocycles. The van der Waals surface area contributed by atoms with Gasteiger partial charge in [0.1, 0.15) is 0 Å². The first-order valence-electron chi connectivity index (χ1n) is 6.99. The molecule has 2 N–H and O–H groups in total. The van der Waals surface area contributed by atoms with Crippen LogP contribution in [-0.4, -0.2) is 58.7 Å². The van der Waals surface area contributed by atoms with Crippen LogP contribution in [0.2, 0.25) is 0 Å². The van der Waals surface area contributed by atoms with Gasteiger partial charge in [-0.15, -0.1) is 0 Å². The lowest BCUT2D eigenvalue weighted by atomic mass is 10.00. The molecule has 1 saturated heterocycles. The SMILES string of the molecule is CCOCC(C)NS(=O)(=O)N1CCCC(CNC)C1. The maximum atomic E-state index is 12.2. The van der Waals surface area contributed by atoms with Crippen molar-refractivity contribution in [2.24, 2.45) is 5.92 Å². The number of nitrogens with zero attached hydrogens (tertiary/aromatic N) is 1. The lowest BCUT2D eigenvalue weighted by molar-refractivity contribution is 0.132. The first kappa shape index (κ1) is 16.8. The lowest BCUT2D eigenvalue weighted by Gasteiger charge is -2.32. The Morgan fingerprint density at radius 1 is 1.47 bits per heavy atom. The minimum atomic E-state index is -3.39. The zero-order valence-corrected chi connectivity index (χ0v) is 13.0. The smallest absolute Gasteiger partial charge is 0.279 e. The molecule has 6 nitrogen and oxygen atoms in total. The van der Waals surface area contributed by atoms with Crippen LogP contribution in [0, 0.1) is 5.92 Å². The van der Waals surface area contributed by atoms with Gasteiger partial charge in [0.2, 0.25) is 0 Å². The molecule has 0 bridgehead atoms. The summed E-state index contributed by atoms with van der Waals surface area (Å²) in [5.41, 5.74) is 0. The predicted octanol–water partition coefficient (Wildman–Crippen LogP) is 0.177. The number of nitrogens with one attached hydrogen (secondary N) is 2. The van der Waals surface area contributed by atoms with Crippen molar-refractivity contribution in [2.75, 3.05) is 39.9 Å². The third-order valence-corrected chi connectivity index (χ3v) is 4.95. The Labute approximate surface area is 117 Å². The van der Waals surface area contributed by atoms with Crippen LogP contribution in [0.3, 0.4) is 0 Å². The van der Waals surface area contributed by atoms with Crippen molar-refractivity contribution < 1.29 is 13.2 Å². The molecule has 0 aromatic rings. The van der Waals surface area contributed by atoms with Crippen LogP contribution in [0.1, 0.15) is 26.7 Å². The summed E-state index contributed by atoms with van der Waals surface area (Å²) in [4.78, 5) is 0. The monoisotopic (exact) mass is 293 g/mol. The maximum Gasteiger partial charge on any atom is 0.279 e. The molecule has 2 atom stereocenters. The van der Waals surface area contributed by atoms with Crippen molar-refractivity contribution >= 4 is 10.2 Å². The highest BCUT2D eigenvalue weighted by Gasteiger charge is 2.29. The van der Waals surface area contributed by atoms with Crippen LogP contribution in [0.5, 0.6) is 0 Å². The van der Waals surface area contributed by atoms with E-state index in [0.717, 1.165) is 19.4 Å². The Balaban J connectivity index is 2.51. The fourth-order valence-corrected chi connectivity index (χ4v) is 3.86. The number of hydrogen-bond donors (Lipinski definition) is 2. The number of rotatable bonds is 8. The van der Waals surface area contributed by atoms with E-state index in [9.17, 15) is 8.42 Å². The molecule has 2 unspecified atom stereocenters. The van der Waals surface area contributed by atoms with Gasteiger partial charge in [0.15, 0.2) is 0 Å². The minimum absolute atomic E-state index is 0.199. The average Bonchev–Trinajstić information content (AvgIpc) is 2.36. The highest BCUT2D eigenvalue weighted by atomic mass is 32.2. The molecule has 1 fully saturated rings. The van der Waals surface area contributed by atoms with Crippen molar-refractivity contribution in [2.45, 2.75) is 32.7 Å². The summed E-state index contributed by atoms with van der Waals surface area (Å²) in [6.07, 6.45) is 2.01. The number of hydrogen-bond acceptors (Lipinski definition) is 4. The Bertz CT molecular complexity index is 346. The van der Waals surface area contributed by atoms with E-state index >= 15 is 0 Å². The van der Waals surface area contributed by atoms with Crippen LogP contribution in [0.15, 0.2) is 0 Å². The highest BCUT2D eigenvalue weighted by molar-refractivity contribution is 7.87. The molecule has 0 saturated carbocycles. The molecule has 0 aromatic carbocycles. The molecule has 0 spiro atoms. The van der Waals surface area contributed by atoms with Gasteiger partial charge in [-0.05, 0) is 46.2 Å². The van der Waals surface area contributed by atoms with Crippen LogP contribution >= 0.6 is 0 Å².